The second-order valence-electron chi connectivity index (χ2n) is 12.4. The number of benzene rings is 4. The van der Waals surface area contributed by atoms with Crippen molar-refractivity contribution < 1.29 is 13.6 Å². The molecular formula is C37H40F2N3OP. The maximum Gasteiger partial charge on any atom is 0.283 e. The Bertz CT molecular complexity index is 1770. The molecule has 1 aromatic heterocycles. The molecule has 44 heavy (non-hydrogen) atoms. The van der Waals surface area contributed by atoms with Crippen LogP contribution in [0.5, 0.6) is 0 Å². The van der Waals surface area contributed by atoms with Crippen molar-refractivity contribution in [1.29, 1.82) is 0 Å². The molecule has 1 amide bonds. The third kappa shape index (κ3) is 6.57. The molecule has 1 unspecified atom stereocenters. The van der Waals surface area contributed by atoms with Crippen LogP contribution in [0.15, 0.2) is 84.9 Å². The number of anilines is 1. The number of aryl methyl sites for hydroxylation is 1. The highest BCUT2D eigenvalue weighted by molar-refractivity contribution is 7.17. The van der Waals surface area contributed by atoms with Crippen molar-refractivity contribution in [1.82, 2.24) is 9.88 Å². The van der Waals surface area contributed by atoms with E-state index in [9.17, 15) is 13.6 Å². The minimum Gasteiger partial charge on any atom is -0.354 e. The van der Waals surface area contributed by atoms with Gasteiger partial charge in [0.1, 0.15) is 0 Å². The van der Waals surface area contributed by atoms with Gasteiger partial charge in [0, 0.05) is 33.6 Å². The fraction of sp³-hybridized carbons (Fsp3) is 0.324. The van der Waals surface area contributed by atoms with Crippen molar-refractivity contribution in [3.05, 3.63) is 102 Å². The number of hydrogen-bond donors (Lipinski definition) is 2. The lowest BCUT2D eigenvalue weighted by Crippen LogP contribution is -2.33. The number of likely N-dealkylation sites (tertiary alicyclic amines) is 1. The van der Waals surface area contributed by atoms with Gasteiger partial charge in [-0.3, -0.25) is 4.79 Å². The average Bonchev–Trinajstić information content (AvgIpc) is 3.40. The molecule has 1 aliphatic heterocycles. The first-order valence-electron chi connectivity index (χ1n) is 15.6. The molecule has 1 saturated heterocycles. The fourth-order valence-corrected chi connectivity index (χ4v) is 6.68. The van der Waals surface area contributed by atoms with Crippen molar-refractivity contribution in [3.8, 4) is 11.3 Å². The van der Waals surface area contributed by atoms with Crippen LogP contribution in [0, 0.1) is 5.92 Å². The summed E-state index contributed by atoms with van der Waals surface area (Å²) in [4.78, 5) is 18.4. The third-order valence-electron chi connectivity index (χ3n) is 9.00. The van der Waals surface area contributed by atoms with E-state index in [4.69, 9.17) is 0 Å². The molecule has 0 bridgehead atoms. The molecule has 2 N–H and O–H groups in total. The van der Waals surface area contributed by atoms with Crippen LogP contribution in [-0.4, -0.2) is 35.4 Å². The summed E-state index contributed by atoms with van der Waals surface area (Å²) in [5.74, 6) is 0.491. The molecule has 0 radical (unpaired) electrons. The zero-order valence-corrected chi connectivity index (χ0v) is 26.5. The summed E-state index contributed by atoms with van der Waals surface area (Å²) in [6, 6.07) is 27.7. The first kappa shape index (κ1) is 30.4. The van der Waals surface area contributed by atoms with E-state index < -0.39 is 5.66 Å². The molecule has 2 heterocycles. The molecule has 0 aliphatic carbocycles. The Labute approximate surface area is 260 Å². The molecule has 0 saturated carbocycles. The fourth-order valence-electron chi connectivity index (χ4n) is 6.48. The highest BCUT2D eigenvalue weighted by atomic mass is 31.0. The monoisotopic (exact) mass is 611 g/mol. The van der Waals surface area contributed by atoms with Gasteiger partial charge in [-0.15, -0.1) is 0 Å². The largest absolute Gasteiger partial charge is 0.354 e. The molecule has 7 heteroatoms. The second kappa shape index (κ2) is 12.8. The smallest absolute Gasteiger partial charge is 0.283 e. The Morgan fingerprint density at radius 3 is 2.45 bits per heavy atom. The quantitative estimate of drug-likeness (QED) is 0.163. The van der Waals surface area contributed by atoms with Crippen LogP contribution in [0.1, 0.15) is 55.7 Å². The number of alkyl halides is 2. The zero-order chi connectivity index (χ0) is 30.8. The third-order valence-corrected chi connectivity index (χ3v) is 9.34. The van der Waals surface area contributed by atoms with Gasteiger partial charge in [0.15, 0.2) is 0 Å². The van der Waals surface area contributed by atoms with Crippen molar-refractivity contribution in [3.63, 3.8) is 0 Å². The van der Waals surface area contributed by atoms with Gasteiger partial charge in [0.05, 0.1) is 5.52 Å². The number of hydrogen-bond acceptors (Lipinski definition) is 2. The number of fused-ring (bicyclic) bond motifs is 3. The standard InChI is InChI=1S/C37H40F2N3OP/c1-24(2)36(43)40-30-9-5-8-28(23-30)25-18-21-42(22-19-25)20-6-11-32-33-17-14-26-7-3-4-10-31(26)35(33)41-34(32)27-12-15-29(16-13-27)37(38,39)44/h3-5,7-10,12-17,23-25,41H,6,11,18-22,44H2,1-2H3,(H,40,43). The number of carbonyl (C=O) groups is 1. The van der Waals surface area contributed by atoms with Crippen LogP contribution in [0.2, 0.25) is 0 Å². The Hall–Kier alpha value is -3.60. The number of amides is 1. The topological polar surface area (TPSA) is 48.1 Å². The van der Waals surface area contributed by atoms with Gasteiger partial charge in [-0.25, -0.2) is 0 Å². The summed E-state index contributed by atoms with van der Waals surface area (Å²) >= 11 is 0. The zero-order valence-electron chi connectivity index (χ0n) is 25.4. The molecule has 1 aliphatic rings. The van der Waals surface area contributed by atoms with E-state index in [2.05, 4.69) is 57.7 Å². The normalized spacial score (nSPS) is 15.0. The molecule has 4 aromatic carbocycles. The molecule has 5 aromatic rings. The summed E-state index contributed by atoms with van der Waals surface area (Å²) < 4.78 is 27.8. The maximum atomic E-state index is 13.9. The minimum atomic E-state index is -2.95. The van der Waals surface area contributed by atoms with Gasteiger partial charge in [0.25, 0.3) is 5.66 Å². The van der Waals surface area contributed by atoms with Crippen LogP contribution in [-0.2, 0) is 16.9 Å². The number of aromatic nitrogens is 1. The maximum absolute atomic E-state index is 13.9. The molecule has 1 atom stereocenters. The summed E-state index contributed by atoms with van der Waals surface area (Å²) in [7, 11) is 1.63. The molecular weight excluding hydrogens is 571 g/mol. The van der Waals surface area contributed by atoms with Crippen molar-refractivity contribution in [2.24, 2.45) is 5.92 Å². The summed E-state index contributed by atoms with van der Waals surface area (Å²) in [6.07, 6.45) is 4.10. The van der Waals surface area contributed by atoms with Gasteiger partial charge < -0.3 is 15.2 Å². The summed E-state index contributed by atoms with van der Waals surface area (Å²) in [6.45, 7) is 6.91. The van der Waals surface area contributed by atoms with Gasteiger partial charge >= 0.3 is 0 Å². The van der Waals surface area contributed by atoms with Crippen LogP contribution in [0.25, 0.3) is 32.9 Å². The first-order chi connectivity index (χ1) is 21.2. The molecule has 0 spiro atoms. The SMILES string of the molecule is CC(C)C(=O)Nc1cccc(C2CCN(CCCc3c(-c4ccc(C(F)(F)P)cc4)[nH]c4c3ccc3ccccc34)CC2)c1. The van der Waals surface area contributed by atoms with E-state index in [1.165, 1.54) is 39.4 Å². The number of nitrogens with one attached hydrogen (secondary N) is 2. The second-order valence-corrected chi connectivity index (χ2v) is 13.1. The van der Waals surface area contributed by atoms with Crippen LogP contribution < -0.4 is 5.32 Å². The minimum absolute atomic E-state index is 0.00944. The van der Waals surface area contributed by atoms with Crippen LogP contribution >= 0.6 is 9.24 Å². The van der Waals surface area contributed by atoms with E-state index in [1.807, 2.05) is 32.0 Å². The summed E-state index contributed by atoms with van der Waals surface area (Å²) in [5.41, 5.74) is 3.49. The lowest BCUT2D eigenvalue weighted by molar-refractivity contribution is -0.118. The lowest BCUT2D eigenvalue weighted by Gasteiger charge is -2.32. The molecule has 6 rings (SSSR count). The summed E-state index contributed by atoms with van der Waals surface area (Å²) in [5, 5.41) is 6.57. The highest BCUT2D eigenvalue weighted by Crippen LogP contribution is 2.39. The van der Waals surface area contributed by atoms with Crippen LogP contribution in [0.3, 0.4) is 0 Å². The average molecular weight is 612 g/mol. The van der Waals surface area contributed by atoms with E-state index >= 15 is 0 Å². The molecule has 4 nitrogen and oxygen atoms in total. The van der Waals surface area contributed by atoms with Gasteiger partial charge in [-0.2, -0.15) is 8.78 Å². The van der Waals surface area contributed by atoms with Crippen molar-refractivity contribution >= 4 is 42.5 Å². The van der Waals surface area contributed by atoms with Crippen LogP contribution in [0.4, 0.5) is 14.5 Å². The number of nitrogens with zero attached hydrogens (tertiary/aromatic N) is 1. The number of halogens is 2. The van der Waals surface area contributed by atoms with E-state index in [-0.39, 0.29) is 17.4 Å². The number of aromatic amines is 1. The van der Waals surface area contributed by atoms with Crippen molar-refractivity contribution in [2.45, 2.75) is 51.1 Å². The predicted molar refractivity (Wildman–Crippen MR) is 181 cm³/mol. The Morgan fingerprint density at radius 2 is 1.73 bits per heavy atom. The first-order valence-corrected chi connectivity index (χ1v) is 16.2. The molecule has 228 valence electrons. The van der Waals surface area contributed by atoms with Gasteiger partial charge in [-0.05, 0) is 85.4 Å². The van der Waals surface area contributed by atoms with E-state index in [0.717, 1.165) is 67.8 Å². The Kier molecular flexibility index (Phi) is 8.84. The number of piperidine rings is 1. The predicted octanol–water partition coefficient (Wildman–Crippen LogP) is 9.32. The van der Waals surface area contributed by atoms with Crippen molar-refractivity contribution in [2.75, 3.05) is 25.0 Å². The number of rotatable bonds is 9. The number of carbonyl (C=O) groups excluding carboxylic acids is 1. The Balaban J connectivity index is 1.15. The number of H-pyrrole nitrogens is 1. The highest BCUT2D eigenvalue weighted by Gasteiger charge is 2.25. The molecule has 1 fully saturated rings. The van der Waals surface area contributed by atoms with E-state index in [0.29, 0.717) is 5.92 Å². The van der Waals surface area contributed by atoms with Gasteiger partial charge in [0.2, 0.25) is 5.91 Å². The lowest BCUT2D eigenvalue weighted by atomic mass is 9.89. The van der Waals surface area contributed by atoms with Gasteiger partial charge in [-0.1, -0.05) is 95.9 Å². The Morgan fingerprint density at radius 1 is 0.977 bits per heavy atom. The van der Waals surface area contributed by atoms with E-state index in [1.54, 1.807) is 21.4 Å².